The van der Waals surface area contributed by atoms with Crippen LogP contribution in [0.5, 0.6) is 0 Å². The Balaban J connectivity index is 2.15. The van der Waals surface area contributed by atoms with Crippen molar-refractivity contribution in [1.29, 1.82) is 0 Å². The van der Waals surface area contributed by atoms with Gasteiger partial charge in [0.05, 0.1) is 5.84 Å². The van der Waals surface area contributed by atoms with E-state index < -0.39 is 6.43 Å². The number of hydrogen-bond donors (Lipinski definition) is 1. The number of amidine groups is 1. The molecule has 0 aromatic heterocycles. The van der Waals surface area contributed by atoms with E-state index in [0.717, 1.165) is 31.6 Å². The molecule has 0 spiro atoms. The lowest BCUT2D eigenvalue weighted by Crippen LogP contribution is -2.25. The van der Waals surface area contributed by atoms with Crippen molar-refractivity contribution in [2.45, 2.75) is 38.5 Å². The SMILES string of the molecule is FC(F)CCNC1=NCCCCC1. The highest BCUT2D eigenvalue weighted by molar-refractivity contribution is 5.82. The summed E-state index contributed by atoms with van der Waals surface area (Å²) in [7, 11) is 0. The Bertz CT molecular complexity index is 169. The smallest absolute Gasteiger partial charge is 0.240 e. The van der Waals surface area contributed by atoms with Crippen molar-refractivity contribution in [2.75, 3.05) is 13.1 Å². The molecule has 0 atom stereocenters. The van der Waals surface area contributed by atoms with Crippen molar-refractivity contribution in [1.82, 2.24) is 5.32 Å². The van der Waals surface area contributed by atoms with Crippen LogP contribution in [-0.2, 0) is 0 Å². The third-order valence-electron chi connectivity index (χ3n) is 2.07. The first-order valence-corrected chi connectivity index (χ1v) is 4.84. The first-order chi connectivity index (χ1) is 6.29. The fourth-order valence-corrected chi connectivity index (χ4v) is 1.34. The van der Waals surface area contributed by atoms with E-state index in [1.807, 2.05) is 0 Å². The van der Waals surface area contributed by atoms with Gasteiger partial charge in [-0.05, 0) is 12.8 Å². The average Bonchev–Trinajstić information content (AvgIpc) is 2.32. The maximum absolute atomic E-state index is 11.8. The van der Waals surface area contributed by atoms with E-state index in [1.54, 1.807) is 0 Å². The van der Waals surface area contributed by atoms with Gasteiger partial charge >= 0.3 is 0 Å². The van der Waals surface area contributed by atoms with Crippen LogP contribution in [0.4, 0.5) is 8.78 Å². The third-order valence-corrected chi connectivity index (χ3v) is 2.07. The van der Waals surface area contributed by atoms with Gasteiger partial charge in [-0.25, -0.2) is 8.78 Å². The minimum absolute atomic E-state index is 0.0843. The van der Waals surface area contributed by atoms with Gasteiger partial charge in [-0.3, -0.25) is 4.99 Å². The van der Waals surface area contributed by atoms with Gasteiger partial charge in [0.1, 0.15) is 0 Å². The van der Waals surface area contributed by atoms with Crippen molar-refractivity contribution < 1.29 is 8.78 Å². The van der Waals surface area contributed by atoms with Crippen LogP contribution in [0.1, 0.15) is 32.1 Å². The number of nitrogens with zero attached hydrogens (tertiary/aromatic N) is 1. The summed E-state index contributed by atoms with van der Waals surface area (Å²) in [5, 5.41) is 2.96. The van der Waals surface area contributed by atoms with Gasteiger partial charge in [0.2, 0.25) is 6.43 Å². The van der Waals surface area contributed by atoms with Crippen molar-refractivity contribution >= 4 is 5.84 Å². The lowest BCUT2D eigenvalue weighted by Gasteiger charge is -2.07. The molecule has 1 rings (SSSR count). The van der Waals surface area contributed by atoms with Gasteiger partial charge in [-0.2, -0.15) is 0 Å². The normalized spacial score (nSPS) is 18.2. The molecule has 0 unspecified atom stereocenters. The second-order valence-corrected chi connectivity index (χ2v) is 3.25. The number of hydrogen-bond acceptors (Lipinski definition) is 2. The molecule has 1 heterocycles. The Hall–Kier alpha value is -0.670. The first-order valence-electron chi connectivity index (χ1n) is 4.84. The topological polar surface area (TPSA) is 24.4 Å². The summed E-state index contributed by atoms with van der Waals surface area (Å²) in [5.74, 6) is 0.915. The number of alkyl halides is 2. The van der Waals surface area contributed by atoms with E-state index in [0.29, 0.717) is 6.54 Å². The molecular weight excluding hydrogens is 174 g/mol. The number of halogens is 2. The molecular formula is C9H16F2N2. The van der Waals surface area contributed by atoms with Crippen LogP contribution in [0.15, 0.2) is 4.99 Å². The van der Waals surface area contributed by atoms with E-state index in [1.165, 1.54) is 6.42 Å². The molecule has 0 aliphatic carbocycles. The zero-order valence-corrected chi connectivity index (χ0v) is 7.73. The van der Waals surface area contributed by atoms with Crippen LogP contribution in [0.2, 0.25) is 0 Å². The van der Waals surface area contributed by atoms with Gasteiger partial charge in [0, 0.05) is 25.9 Å². The fourth-order valence-electron chi connectivity index (χ4n) is 1.34. The molecule has 0 radical (unpaired) electrons. The molecule has 1 aliphatic rings. The Kier molecular flexibility index (Phi) is 4.72. The Morgan fingerprint density at radius 2 is 2.15 bits per heavy atom. The summed E-state index contributed by atoms with van der Waals surface area (Å²) < 4.78 is 23.6. The quantitative estimate of drug-likeness (QED) is 0.725. The van der Waals surface area contributed by atoms with E-state index in [9.17, 15) is 8.78 Å². The molecule has 1 N–H and O–H groups in total. The molecule has 0 amide bonds. The average molecular weight is 190 g/mol. The predicted octanol–water partition coefficient (Wildman–Crippen LogP) is 2.20. The highest BCUT2D eigenvalue weighted by atomic mass is 19.3. The van der Waals surface area contributed by atoms with Gasteiger partial charge in [-0.1, -0.05) is 6.42 Å². The summed E-state index contributed by atoms with van der Waals surface area (Å²) in [5.41, 5.74) is 0. The number of aliphatic imine (C=N–C) groups is 1. The van der Waals surface area contributed by atoms with Crippen LogP contribution in [-0.4, -0.2) is 25.4 Å². The summed E-state index contributed by atoms with van der Waals surface area (Å²) in [6.07, 6.45) is 2.07. The van der Waals surface area contributed by atoms with Crippen LogP contribution < -0.4 is 5.32 Å². The van der Waals surface area contributed by atoms with Crippen molar-refractivity contribution in [2.24, 2.45) is 4.99 Å². The largest absolute Gasteiger partial charge is 0.374 e. The molecule has 4 heteroatoms. The van der Waals surface area contributed by atoms with Crippen LogP contribution in [0.3, 0.4) is 0 Å². The lowest BCUT2D eigenvalue weighted by molar-refractivity contribution is 0.139. The minimum atomic E-state index is -2.21. The highest BCUT2D eigenvalue weighted by Gasteiger charge is 2.05. The molecule has 0 fully saturated rings. The van der Waals surface area contributed by atoms with E-state index >= 15 is 0 Å². The fraction of sp³-hybridized carbons (Fsp3) is 0.889. The zero-order chi connectivity index (χ0) is 9.52. The second-order valence-electron chi connectivity index (χ2n) is 3.25. The molecule has 2 nitrogen and oxygen atoms in total. The molecule has 0 aromatic carbocycles. The molecule has 0 bridgehead atoms. The number of rotatable bonds is 3. The van der Waals surface area contributed by atoms with E-state index in [4.69, 9.17) is 0 Å². The van der Waals surface area contributed by atoms with Crippen LogP contribution in [0, 0.1) is 0 Å². The highest BCUT2D eigenvalue weighted by Crippen LogP contribution is 2.06. The van der Waals surface area contributed by atoms with Gasteiger partial charge < -0.3 is 5.32 Å². The molecule has 1 aliphatic heterocycles. The number of nitrogens with one attached hydrogen (secondary N) is 1. The minimum Gasteiger partial charge on any atom is -0.374 e. The Morgan fingerprint density at radius 3 is 2.92 bits per heavy atom. The molecule has 0 aromatic rings. The monoisotopic (exact) mass is 190 g/mol. The standard InChI is InChI=1S/C9H16F2N2/c10-8(11)5-7-13-9-4-2-1-3-6-12-9/h8H,1-7H2,(H,12,13). The molecule has 76 valence electrons. The van der Waals surface area contributed by atoms with E-state index in [2.05, 4.69) is 10.3 Å². The van der Waals surface area contributed by atoms with Gasteiger partial charge in [0.15, 0.2) is 0 Å². The Morgan fingerprint density at radius 1 is 1.31 bits per heavy atom. The van der Waals surface area contributed by atoms with Gasteiger partial charge in [0.25, 0.3) is 0 Å². The molecule has 0 saturated carbocycles. The molecule has 13 heavy (non-hydrogen) atoms. The van der Waals surface area contributed by atoms with Crippen LogP contribution in [0.25, 0.3) is 0 Å². The van der Waals surface area contributed by atoms with Crippen LogP contribution >= 0.6 is 0 Å². The summed E-state index contributed by atoms with van der Waals surface area (Å²) in [4.78, 5) is 4.28. The zero-order valence-electron chi connectivity index (χ0n) is 7.73. The predicted molar refractivity (Wildman–Crippen MR) is 49.4 cm³/mol. The summed E-state index contributed by atoms with van der Waals surface area (Å²) >= 11 is 0. The van der Waals surface area contributed by atoms with Crippen molar-refractivity contribution in [3.05, 3.63) is 0 Å². The maximum atomic E-state index is 11.8. The van der Waals surface area contributed by atoms with Crippen molar-refractivity contribution in [3.63, 3.8) is 0 Å². The van der Waals surface area contributed by atoms with Crippen molar-refractivity contribution in [3.8, 4) is 0 Å². The summed E-state index contributed by atoms with van der Waals surface area (Å²) in [6, 6.07) is 0. The lowest BCUT2D eigenvalue weighted by atomic mass is 10.2. The molecule has 0 saturated heterocycles. The summed E-state index contributed by atoms with van der Waals surface area (Å²) in [6.45, 7) is 1.19. The first kappa shape index (κ1) is 10.4. The van der Waals surface area contributed by atoms with E-state index in [-0.39, 0.29) is 6.42 Å². The van der Waals surface area contributed by atoms with Gasteiger partial charge in [-0.15, -0.1) is 0 Å². The Labute approximate surface area is 77.4 Å². The second kappa shape index (κ2) is 5.89. The maximum Gasteiger partial charge on any atom is 0.240 e. The third kappa shape index (κ3) is 4.80.